The van der Waals surface area contributed by atoms with Crippen LogP contribution in [0.1, 0.15) is 44.9 Å². The molecule has 1 atom stereocenters. The van der Waals surface area contributed by atoms with Gasteiger partial charge in [-0.3, -0.25) is 0 Å². The first-order chi connectivity index (χ1) is 6.86. The summed E-state index contributed by atoms with van der Waals surface area (Å²) in [6.07, 6.45) is 9.90. The Balaban J connectivity index is 1.58. The second kappa shape index (κ2) is 5.13. The van der Waals surface area contributed by atoms with Gasteiger partial charge in [-0.15, -0.1) is 0 Å². The summed E-state index contributed by atoms with van der Waals surface area (Å²) in [6.45, 7) is 2.55. The predicted octanol–water partition coefficient (Wildman–Crippen LogP) is 2.00. The maximum atomic E-state index is 3.66. The summed E-state index contributed by atoms with van der Waals surface area (Å²) >= 11 is 0. The van der Waals surface area contributed by atoms with Crippen molar-refractivity contribution in [2.45, 2.75) is 57.0 Å². The molecule has 2 nitrogen and oxygen atoms in total. The number of hydrogen-bond donors (Lipinski definition) is 1. The Bertz CT molecular complexity index is 166. The molecule has 0 aromatic rings. The van der Waals surface area contributed by atoms with E-state index in [1.807, 2.05) is 0 Å². The number of likely N-dealkylation sites (tertiary alicyclic amines) is 1. The van der Waals surface area contributed by atoms with Crippen LogP contribution in [0.25, 0.3) is 0 Å². The van der Waals surface area contributed by atoms with Crippen molar-refractivity contribution < 1.29 is 0 Å². The summed E-state index contributed by atoms with van der Waals surface area (Å²) in [4.78, 5) is 2.55. The minimum absolute atomic E-state index is 0.858. The number of nitrogens with zero attached hydrogens (tertiary/aromatic N) is 1. The Labute approximate surface area is 88.1 Å². The summed E-state index contributed by atoms with van der Waals surface area (Å²) in [7, 11) is 2.28. The molecule has 2 heteroatoms. The molecular formula is C12H24N2. The van der Waals surface area contributed by atoms with E-state index in [-0.39, 0.29) is 0 Å². The molecule has 1 saturated heterocycles. The van der Waals surface area contributed by atoms with Gasteiger partial charge in [0.15, 0.2) is 0 Å². The third kappa shape index (κ3) is 2.71. The van der Waals surface area contributed by atoms with E-state index in [1.165, 1.54) is 58.0 Å². The lowest BCUT2D eigenvalue weighted by atomic mass is 9.92. The van der Waals surface area contributed by atoms with Crippen LogP contribution in [-0.2, 0) is 0 Å². The third-order valence-corrected chi connectivity index (χ3v) is 3.94. The second-order valence-corrected chi connectivity index (χ2v) is 5.00. The largest absolute Gasteiger partial charge is 0.314 e. The van der Waals surface area contributed by atoms with Crippen LogP contribution < -0.4 is 5.32 Å². The van der Waals surface area contributed by atoms with Gasteiger partial charge in [-0.25, -0.2) is 0 Å². The third-order valence-electron chi connectivity index (χ3n) is 3.94. The summed E-state index contributed by atoms with van der Waals surface area (Å²) in [5.41, 5.74) is 0. The average Bonchev–Trinajstić information content (AvgIpc) is 2.12. The maximum absolute atomic E-state index is 3.66. The lowest BCUT2D eigenvalue weighted by Crippen LogP contribution is -2.41. The lowest BCUT2D eigenvalue weighted by molar-refractivity contribution is 0.172. The fourth-order valence-corrected chi connectivity index (χ4v) is 2.58. The highest BCUT2D eigenvalue weighted by atomic mass is 15.1. The number of piperidine rings is 1. The molecule has 0 aromatic carbocycles. The molecule has 1 heterocycles. The Morgan fingerprint density at radius 3 is 2.64 bits per heavy atom. The van der Waals surface area contributed by atoms with Gasteiger partial charge in [0.05, 0.1) is 0 Å². The average molecular weight is 196 g/mol. The van der Waals surface area contributed by atoms with Crippen LogP contribution in [0, 0.1) is 0 Å². The molecule has 1 aliphatic carbocycles. The quantitative estimate of drug-likeness (QED) is 0.740. The first-order valence-corrected chi connectivity index (χ1v) is 6.30. The topological polar surface area (TPSA) is 15.3 Å². The zero-order valence-electron chi connectivity index (χ0n) is 9.47. The minimum atomic E-state index is 0.858. The van der Waals surface area contributed by atoms with E-state index in [1.54, 1.807) is 0 Å². The number of hydrogen-bond acceptors (Lipinski definition) is 2. The Kier molecular flexibility index (Phi) is 3.82. The molecule has 82 valence electrons. The van der Waals surface area contributed by atoms with Crippen molar-refractivity contribution in [1.82, 2.24) is 10.2 Å². The molecular weight excluding hydrogens is 172 g/mol. The normalized spacial score (nSPS) is 30.2. The van der Waals surface area contributed by atoms with Crippen molar-refractivity contribution in [3.8, 4) is 0 Å². The molecule has 2 aliphatic rings. The highest BCUT2D eigenvalue weighted by Crippen LogP contribution is 2.20. The van der Waals surface area contributed by atoms with Gasteiger partial charge in [-0.2, -0.15) is 0 Å². The molecule has 0 radical (unpaired) electrons. The predicted molar refractivity (Wildman–Crippen MR) is 60.5 cm³/mol. The summed E-state index contributed by atoms with van der Waals surface area (Å²) < 4.78 is 0. The van der Waals surface area contributed by atoms with Crippen LogP contribution in [0.15, 0.2) is 0 Å². The van der Waals surface area contributed by atoms with Crippen LogP contribution >= 0.6 is 0 Å². The molecule has 0 spiro atoms. The molecule has 0 bridgehead atoms. The Morgan fingerprint density at radius 2 is 2.00 bits per heavy atom. The van der Waals surface area contributed by atoms with E-state index in [9.17, 15) is 0 Å². The first kappa shape index (κ1) is 10.4. The van der Waals surface area contributed by atoms with E-state index >= 15 is 0 Å². The first-order valence-electron chi connectivity index (χ1n) is 6.30. The highest BCUT2D eigenvalue weighted by molar-refractivity contribution is 4.79. The van der Waals surface area contributed by atoms with Gasteiger partial charge in [0, 0.05) is 12.1 Å². The zero-order chi connectivity index (χ0) is 9.80. The van der Waals surface area contributed by atoms with Gasteiger partial charge in [0.2, 0.25) is 0 Å². The molecule has 1 unspecified atom stereocenters. The van der Waals surface area contributed by atoms with E-state index < -0.39 is 0 Å². The van der Waals surface area contributed by atoms with Crippen LogP contribution in [0.4, 0.5) is 0 Å². The minimum Gasteiger partial charge on any atom is -0.314 e. The van der Waals surface area contributed by atoms with Crippen molar-refractivity contribution in [1.29, 1.82) is 0 Å². The van der Waals surface area contributed by atoms with Gasteiger partial charge < -0.3 is 10.2 Å². The van der Waals surface area contributed by atoms with E-state index in [0.29, 0.717) is 0 Å². The molecule has 0 aromatic heterocycles. The molecule has 1 aliphatic heterocycles. The molecule has 0 amide bonds. The van der Waals surface area contributed by atoms with Crippen LogP contribution in [-0.4, -0.2) is 37.1 Å². The van der Waals surface area contributed by atoms with Crippen molar-refractivity contribution in [2.24, 2.45) is 0 Å². The van der Waals surface area contributed by atoms with Crippen molar-refractivity contribution >= 4 is 0 Å². The highest BCUT2D eigenvalue weighted by Gasteiger charge is 2.20. The van der Waals surface area contributed by atoms with Crippen LogP contribution in [0.5, 0.6) is 0 Å². The molecule has 1 N–H and O–H groups in total. The van der Waals surface area contributed by atoms with Crippen molar-refractivity contribution in [2.75, 3.05) is 20.1 Å². The van der Waals surface area contributed by atoms with Gasteiger partial charge >= 0.3 is 0 Å². The van der Waals surface area contributed by atoms with Gasteiger partial charge in [-0.1, -0.05) is 12.8 Å². The smallest absolute Gasteiger partial charge is 0.0104 e. The number of rotatable bonds is 4. The number of nitrogens with one attached hydrogen (secondary N) is 1. The summed E-state index contributed by atoms with van der Waals surface area (Å²) in [5.74, 6) is 0. The second-order valence-electron chi connectivity index (χ2n) is 5.00. The molecule has 2 fully saturated rings. The van der Waals surface area contributed by atoms with Gasteiger partial charge in [0.25, 0.3) is 0 Å². The monoisotopic (exact) mass is 196 g/mol. The SMILES string of the molecule is CN1CCCCC1CCNC1CCC1. The van der Waals surface area contributed by atoms with Crippen LogP contribution in [0.3, 0.4) is 0 Å². The standard InChI is InChI=1S/C12H24N2/c1-14-10-3-2-7-12(14)8-9-13-11-5-4-6-11/h11-13H,2-10H2,1H3. The van der Waals surface area contributed by atoms with Crippen LogP contribution in [0.2, 0.25) is 0 Å². The van der Waals surface area contributed by atoms with E-state index in [0.717, 1.165) is 12.1 Å². The Hall–Kier alpha value is -0.0800. The molecule has 1 saturated carbocycles. The maximum Gasteiger partial charge on any atom is 0.0104 e. The fraction of sp³-hybridized carbons (Fsp3) is 1.00. The summed E-state index contributed by atoms with van der Waals surface area (Å²) in [5, 5.41) is 3.66. The summed E-state index contributed by atoms with van der Waals surface area (Å²) in [6, 6.07) is 1.72. The molecule has 2 rings (SSSR count). The van der Waals surface area contributed by atoms with Crippen molar-refractivity contribution in [3.05, 3.63) is 0 Å². The van der Waals surface area contributed by atoms with Crippen molar-refractivity contribution in [3.63, 3.8) is 0 Å². The van der Waals surface area contributed by atoms with Gasteiger partial charge in [0.1, 0.15) is 0 Å². The molecule has 14 heavy (non-hydrogen) atoms. The van der Waals surface area contributed by atoms with E-state index in [4.69, 9.17) is 0 Å². The van der Waals surface area contributed by atoms with Gasteiger partial charge in [-0.05, 0) is 52.2 Å². The van der Waals surface area contributed by atoms with E-state index in [2.05, 4.69) is 17.3 Å². The fourth-order valence-electron chi connectivity index (χ4n) is 2.58. The lowest BCUT2D eigenvalue weighted by Gasteiger charge is -2.34. The zero-order valence-corrected chi connectivity index (χ0v) is 9.47. The Morgan fingerprint density at radius 1 is 1.14 bits per heavy atom.